The number of hydrogen-bond acceptors (Lipinski definition) is 6. The maximum Gasteiger partial charge on any atom is 0.325 e. The molecule has 0 aliphatic heterocycles. The summed E-state index contributed by atoms with van der Waals surface area (Å²) in [4.78, 5) is 35.0. The molecule has 0 fully saturated rings. The highest BCUT2D eigenvalue weighted by Crippen LogP contribution is 2.18. The Labute approximate surface area is 146 Å². The summed E-state index contributed by atoms with van der Waals surface area (Å²) in [7, 11) is 0. The summed E-state index contributed by atoms with van der Waals surface area (Å²) in [5.74, 6) is -1.25. The summed E-state index contributed by atoms with van der Waals surface area (Å²) >= 11 is 5.85. The second-order valence-electron chi connectivity index (χ2n) is 4.89. The van der Waals surface area contributed by atoms with Crippen molar-refractivity contribution < 1.29 is 14.7 Å². The Balaban J connectivity index is 1.76. The van der Waals surface area contributed by atoms with E-state index in [-0.39, 0.29) is 18.2 Å². The third-order valence-corrected chi connectivity index (χ3v) is 3.30. The molecule has 1 aromatic carbocycles. The first-order valence-electron chi connectivity index (χ1n) is 7.03. The number of amides is 1. The number of benzene rings is 1. The zero-order chi connectivity index (χ0) is 17.8. The summed E-state index contributed by atoms with van der Waals surface area (Å²) in [6.45, 7) is -0.350. The van der Waals surface area contributed by atoms with Crippen LogP contribution in [-0.2, 0) is 11.3 Å². The molecule has 0 atom stereocenters. The van der Waals surface area contributed by atoms with E-state index >= 15 is 0 Å². The minimum atomic E-state index is -1.06. The van der Waals surface area contributed by atoms with Gasteiger partial charge in [-0.2, -0.15) is 0 Å². The Bertz CT molecular complexity index is 925. The van der Waals surface area contributed by atoms with E-state index in [1.54, 1.807) is 24.3 Å². The third kappa shape index (κ3) is 4.15. The lowest BCUT2D eigenvalue weighted by atomic mass is 10.2. The number of nitrogens with zero attached hydrogens (tertiary/aromatic N) is 5. The van der Waals surface area contributed by atoms with Crippen LogP contribution in [0.4, 0.5) is 5.95 Å². The number of nitrogens with one attached hydrogen (secondary N) is 1. The van der Waals surface area contributed by atoms with Crippen LogP contribution in [0.2, 0.25) is 5.02 Å². The molecule has 3 rings (SSSR count). The lowest BCUT2D eigenvalue weighted by Crippen LogP contribution is -2.16. The first-order valence-corrected chi connectivity index (χ1v) is 7.40. The zero-order valence-electron chi connectivity index (χ0n) is 12.6. The van der Waals surface area contributed by atoms with Crippen LogP contribution in [0.15, 0.2) is 42.9 Å². The van der Waals surface area contributed by atoms with Crippen molar-refractivity contribution in [3.05, 3.63) is 53.6 Å². The van der Waals surface area contributed by atoms with E-state index in [0.717, 1.165) is 4.68 Å². The minimum Gasteiger partial charge on any atom is -0.480 e. The van der Waals surface area contributed by atoms with E-state index < -0.39 is 11.9 Å². The van der Waals surface area contributed by atoms with Gasteiger partial charge in [0, 0.05) is 16.8 Å². The number of carboxylic acids is 1. The number of carbonyl (C=O) groups excluding carboxylic acids is 1. The van der Waals surface area contributed by atoms with Crippen molar-refractivity contribution in [3.8, 4) is 11.4 Å². The summed E-state index contributed by atoms with van der Waals surface area (Å²) in [6.07, 6.45) is 2.67. The van der Waals surface area contributed by atoms with E-state index in [9.17, 15) is 9.59 Å². The van der Waals surface area contributed by atoms with Gasteiger partial charge in [-0.05, 0) is 30.3 Å². The first-order chi connectivity index (χ1) is 12.0. The van der Waals surface area contributed by atoms with Gasteiger partial charge in [-0.25, -0.2) is 19.6 Å². The highest BCUT2D eigenvalue weighted by molar-refractivity contribution is 6.30. The Hall–Kier alpha value is -3.33. The number of rotatable bonds is 5. The number of anilines is 1. The van der Waals surface area contributed by atoms with Gasteiger partial charge in [0.15, 0.2) is 5.82 Å². The predicted molar refractivity (Wildman–Crippen MR) is 88.1 cm³/mol. The quantitative estimate of drug-likeness (QED) is 0.711. The summed E-state index contributed by atoms with van der Waals surface area (Å²) in [5.41, 5.74) is 0.831. The van der Waals surface area contributed by atoms with Crippen molar-refractivity contribution in [2.75, 3.05) is 5.32 Å². The maximum atomic E-state index is 12.3. The normalized spacial score (nSPS) is 10.4. The van der Waals surface area contributed by atoms with Gasteiger partial charge in [-0.15, -0.1) is 5.10 Å². The molecule has 1 amide bonds. The number of aliphatic carboxylic acids is 1. The molecule has 0 bridgehead atoms. The number of halogens is 1. The lowest BCUT2D eigenvalue weighted by molar-refractivity contribution is -0.137. The second kappa shape index (κ2) is 7.05. The van der Waals surface area contributed by atoms with Gasteiger partial charge < -0.3 is 5.11 Å². The number of carboxylic acid groups (broad SMARTS) is 1. The largest absolute Gasteiger partial charge is 0.480 e. The lowest BCUT2D eigenvalue weighted by Gasteiger charge is -2.04. The Morgan fingerprint density at radius 1 is 1.16 bits per heavy atom. The molecule has 0 aliphatic rings. The van der Waals surface area contributed by atoms with Crippen LogP contribution in [0.25, 0.3) is 11.4 Å². The maximum absolute atomic E-state index is 12.3. The van der Waals surface area contributed by atoms with Gasteiger partial charge in [0.05, 0.1) is 0 Å². The second-order valence-corrected chi connectivity index (χ2v) is 5.32. The molecule has 2 aromatic heterocycles. The number of carbonyl (C=O) groups is 2. The van der Waals surface area contributed by atoms with Crippen LogP contribution in [0.3, 0.4) is 0 Å². The van der Waals surface area contributed by atoms with Crippen LogP contribution < -0.4 is 5.32 Å². The van der Waals surface area contributed by atoms with Crippen molar-refractivity contribution in [2.24, 2.45) is 0 Å². The van der Waals surface area contributed by atoms with Crippen LogP contribution >= 0.6 is 11.6 Å². The molecule has 10 heteroatoms. The van der Waals surface area contributed by atoms with Crippen LogP contribution in [-0.4, -0.2) is 41.7 Å². The summed E-state index contributed by atoms with van der Waals surface area (Å²) in [5, 5.41) is 15.6. The Morgan fingerprint density at radius 2 is 1.92 bits per heavy atom. The topological polar surface area (TPSA) is 123 Å². The average Bonchev–Trinajstić information content (AvgIpc) is 3.01. The molecule has 2 N–H and O–H groups in total. The molecule has 0 unspecified atom stereocenters. The molecule has 3 aromatic rings. The molecular weight excluding hydrogens is 348 g/mol. The molecule has 0 saturated carbocycles. The fourth-order valence-corrected chi connectivity index (χ4v) is 2.08. The SMILES string of the molecule is O=C(O)Cn1cnc(NC(=O)c2ccnc(-c3ccc(Cl)cc3)n2)n1. The Kier molecular flexibility index (Phi) is 4.66. The van der Waals surface area contributed by atoms with Crippen molar-refractivity contribution in [1.29, 1.82) is 0 Å². The van der Waals surface area contributed by atoms with Crippen molar-refractivity contribution >= 4 is 29.4 Å². The highest BCUT2D eigenvalue weighted by atomic mass is 35.5. The summed E-state index contributed by atoms with van der Waals surface area (Å²) < 4.78 is 1.09. The van der Waals surface area contributed by atoms with Gasteiger partial charge in [-0.3, -0.25) is 14.9 Å². The smallest absolute Gasteiger partial charge is 0.325 e. The van der Waals surface area contributed by atoms with E-state index in [1.165, 1.54) is 18.6 Å². The van der Waals surface area contributed by atoms with Crippen molar-refractivity contribution in [1.82, 2.24) is 24.7 Å². The van der Waals surface area contributed by atoms with Crippen LogP contribution in [0.5, 0.6) is 0 Å². The molecule has 0 saturated heterocycles. The van der Waals surface area contributed by atoms with Gasteiger partial charge in [0.25, 0.3) is 5.91 Å². The average molecular weight is 359 g/mol. The molecule has 0 radical (unpaired) electrons. The number of aromatic nitrogens is 5. The van der Waals surface area contributed by atoms with Gasteiger partial charge in [0.1, 0.15) is 18.6 Å². The predicted octanol–water partition coefficient (Wildman–Crippen LogP) is 1.73. The molecule has 126 valence electrons. The Morgan fingerprint density at radius 3 is 2.64 bits per heavy atom. The molecule has 0 spiro atoms. The first kappa shape index (κ1) is 16.5. The van der Waals surface area contributed by atoms with E-state index in [4.69, 9.17) is 16.7 Å². The molecule has 0 aliphatic carbocycles. The summed E-state index contributed by atoms with van der Waals surface area (Å²) in [6, 6.07) is 8.34. The van der Waals surface area contributed by atoms with Gasteiger partial charge >= 0.3 is 5.97 Å². The van der Waals surface area contributed by atoms with Crippen molar-refractivity contribution in [3.63, 3.8) is 0 Å². The van der Waals surface area contributed by atoms with Crippen LogP contribution in [0, 0.1) is 0 Å². The zero-order valence-corrected chi connectivity index (χ0v) is 13.4. The monoisotopic (exact) mass is 358 g/mol. The molecular formula is C15H11ClN6O3. The van der Waals surface area contributed by atoms with E-state index in [1.807, 2.05) is 0 Å². The molecule has 25 heavy (non-hydrogen) atoms. The van der Waals surface area contributed by atoms with Crippen LogP contribution in [0.1, 0.15) is 10.5 Å². The molecule has 9 nitrogen and oxygen atoms in total. The highest BCUT2D eigenvalue weighted by Gasteiger charge is 2.13. The van der Waals surface area contributed by atoms with E-state index in [2.05, 4.69) is 25.4 Å². The van der Waals surface area contributed by atoms with Gasteiger partial charge in [0.2, 0.25) is 5.95 Å². The van der Waals surface area contributed by atoms with Gasteiger partial charge in [-0.1, -0.05) is 11.6 Å². The minimum absolute atomic E-state index is 0.0158. The third-order valence-electron chi connectivity index (χ3n) is 3.05. The fourth-order valence-electron chi connectivity index (χ4n) is 1.96. The standard InChI is InChI=1S/C15H11ClN6O3/c16-10-3-1-9(2-4-10)13-17-6-5-11(19-13)14(25)20-15-18-8-22(21-15)7-12(23)24/h1-6,8H,7H2,(H,23,24)(H,20,21,25). The fraction of sp³-hybridized carbons (Fsp3) is 0.0667. The van der Waals surface area contributed by atoms with Crippen molar-refractivity contribution in [2.45, 2.75) is 6.54 Å². The molecule has 2 heterocycles. The van der Waals surface area contributed by atoms with E-state index in [0.29, 0.717) is 16.4 Å². The number of hydrogen-bond donors (Lipinski definition) is 2.